The number of allylic oxidation sites excluding steroid dienone is 1. The van der Waals surface area contributed by atoms with Crippen molar-refractivity contribution in [2.45, 2.75) is 13.5 Å². The first-order chi connectivity index (χ1) is 9.20. The molecular weight excluding hydrogens is 236 g/mol. The Kier molecular flexibility index (Phi) is 4.14. The fraction of sp³-hybridized carbons (Fsp3) is 0.118. The maximum absolute atomic E-state index is 11.8. The van der Waals surface area contributed by atoms with Crippen LogP contribution in [0.15, 0.2) is 61.2 Å². The number of ether oxygens (including phenoxy) is 1. The van der Waals surface area contributed by atoms with E-state index in [-0.39, 0.29) is 5.78 Å². The van der Waals surface area contributed by atoms with Crippen molar-refractivity contribution < 1.29 is 9.53 Å². The molecule has 19 heavy (non-hydrogen) atoms. The summed E-state index contributed by atoms with van der Waals surface area (Å²) in [7, 11) is 0. The number of benzene rings is 2. The molecule has 0 aliphatic rings. The summed E-state index contributed by atoms with van der Waals surface area (Å²) in [5.74, 6) is 0.483. The fourth-order valence-corrected chi connectivity index (χ4v) is 1.80. The first-order valence-electron chi connectivity index (χ1n) is 6.15. The lowest BCUT2D eigenvalue weighted by atomic mass is 10.1. The molecule has 0 N–H and O–H groups in total. The average Bonchev–Trinajstić information content (AvgIpc) is 2.45. The third-order valence-corrected chi connectivity index (χ3v) is 2.83. The van der Waals surface area contributed by atoms with E-state index in [0.29, 0.717) is 17.9 Å². The average molecular weight is 252 g/mol. The normalized spacial score (nSPS) is 9.95. The molecule has 2 aromatic rings. The minimum absolute atomic E-state index is 0.122. The van der Waals surface area contributed by atoms with Crippen molar-refractivity contribution in [1.29, 1.82) is 0 Å². The van der Waals surface area contributed by atoms with E-state index in [2.05, 4.69) is 6.58 Å². The Hall–Kier alpha value is -2.35. The fourth-order valence-electron chi connectivity index (χ4n) is 1.80. The number of ketones is 1. The van der Waals surface area contributed by atoms with Gasteiger partial charge in [-0.05, 0) is 36.3 Å². The van der Waals surface area contributed by atoms with Gasteiger partial charge in [-0.25, -0.2) is 0 Å². The third kappa shape index (κ3) is 3.32. The topological polar surface area (TPSA) is 26.3 Å². The van der Waals surface area contributed by atoms with Crippen LogP contribution in [-0.4, -0.2) is 5.78 Å². The lowest BCUT2D eigenvalue weighted by Gasteiger charge is -2.10. The largest absolute Gasteiger partial charge is 0.488 e. The van der Waals surface area contributed by atoms with Crippen molar-refractivity contribution in [3.63, 3.8) is 0 Å². The van der Waals surface area contributed by atoms with E-state index < -0.39 is 0 Å². The summed E-state index contributed by atoms with van der Waals surface area (Å²) in [5.41, 5.74) is 2.68. The number of hydrogen-bond donors (Lipinski definition) is 0. The first-order valence-corrected chi connectivity index (χ1v) is 6.15. The smallest absolute Gasteiger partial charge is 0.188 e. The monoisotopic (exact) mass is 252 g/mol. The van der Waals surface area contributed by atoms with Gasteiger partial charge in [0.1, 0.15) is 12.4 Å². The number of carbonyl (C=O) groups excluding carboxylic acids is 1. The van der Waals surface area contributed by atoms with Crippen LogP contribution in [0.25, 0.3) is 0 Å². The summed E-state index contributed by atoms with van der Waals surface area (Å²) in [5, 5.41) is 0. The summed E-state index contributed by atoms with van der Waals surface area (Å²) in [6.07, 6.45) is 1.31. The van der Waals surface area contributed by atoms with Gasteiger partial charge >= 0.3 is 0 Å². The molecule has 2 heteroatoms. The van der Waals surface area contributed by atoms with E-state index in [4.69, 9.17) is 4.74 Å². The molecule has 0 radical (unpaired) electrons. The zero-order chi connectivity index (χ0) is 13.7. The Morgan fingerprint density at radius 2 is 1.95 bits per heavy atom. The molecule has 0 spiro atoms. The number of hydrogen-bond acceptors (Lipinski definition) is 2. The van der Waals surface area contributed by atoms with Gasteiger partial charge in [0.2, 0.25) is 0 Å². The Bertz CT molecular complexity index is 585. The molecule has 0 amide bonds. The second kappa shape index (κ2) is 6.01. The summed E-state index contributed by atoms with van der Waals surface area (Å²) in [6, 6.07) is 15.4. The molecule has 0 aromatic heterocycles. The molecular formula is C17H16O2. The van der Waals surface area contributed by atoms with Gasteiger partial charge in [0.05, 0.1) is 5.56 Å². The van der Waals surface area contributed by atoms with Crippen LogP contribution in [0.4, 0.5) is 0 Å². The quantitative estimate of drug-likeness (QED) is 0.595. The summed E-state index contributed by atoms with van der Waals surface area (Å²) >= 11 is 0. The summed E-state index contributed by atoms with van der Waals surface area (Å²) < 4.78 is 5.76. The molecule has 2 aromatic carbocycles. The molecule has 0 saturated heterocycles. The lowest BCUT2D eigenvalue weighted by Crippen LogP contribution is -2.02. The van der Waals surface area contributed by atoms with E-state index in [1.54, 1.807) is 6.07 Å². The first kappa shape index (κ1) is 13.1. The zero-order valence-electron chi connectivity index (χ0n) is 10.9. The molecule has 0 bridgehead atoms. The second-order valence-corrected chi connectivity index (χ2v) is 4.34. The van der Waals surface area contributed by atoms with Crippen molar-refractivity contribution in [1.82, 2.24) is 0 Å². The van der Waals surface area contributed by atoms with E-state index in [9.17, 15) is 4.79 Å². The SMILES string of the molecule is C=CC(=O)c1ccc(C)cc1OCc1ccccc1. The highest BCUT2D eigenvalue weighted by molar-refractivity contribution is 6.06. The van der Waals surface area contributed by atoms with Crippen LogP contribution in [0, 0.1) is 6.92 Å². The van der Waals surface area contributed by atoms with Crippen LogP contribution in [0.2, 0.25) is 0 Å². The Morgan fingerprint density at radius 1 is 1.21 bits per heavy atom. The van der Waals surface area contributed by atoms with Crippen LogP contribution >= 0.6 is 0 Å². The minimum atomic E-state index is -0.122. The minimum Gasteiger partial charge on any atom is -0.488 e. The van der Waals surface area contributed by atoms with Gasteiger partial charge in [0.15, 0.2) is 5.78 Å². The van der Waals surface area contributed by atoms with E-state index in [0.717, 1.165) is 11.1 Å². The molecule has 0 unspecified atom stereocenters. The van der Waals surface area contributed by atoms with Gasteiger partial charge in [0.25, 0.3) is 0 Å². The van der Waals surface area contributed by atoms with Crippen molar-refractivity contribution >= 4 is 5.78 Å². The van der Waals surface area contributed by atoms with Gasteiger partial charge in [-0.2, -0.15) is 0 Å². The maximum Gasteiger partial charge on any atom is 0.188 e. The molecule has 0 heterocycles. The van der Waals surface area contributed by atoms with Gasteiger partial charge in [-0.1, -0.05) is 43.0 Å². The molecule has 0 aliphatic heterocycles. The molecule has 0 aliphatic carbocycles. The predicted molar refractivity (Wildman–Crippen MR) is 76.5 cm³/mol. The van der Waals surface area contributed by atoms with Gasteiger partial charge < -0.3 is 4.74 Å². The molecule has 2 nitrogen and oxygen atoms in total. The zero-order valence-corrected chi connectivity index (χ0v) is 10.9. The van der Waals surface area contributed by atoms with Crippen LogP contribution < -0.4 is 4.74 Å². The van der Waals surface area contributed by atoms with Crippen molar-refractivity contribution in [3.05, 3.63) is 77.9 Å². The molecule has 0 fully saturated rings. The number of carbonyl (C=O) groups is 1. The highest BCUT2D eigenvalue weighted by atomic mass is 16.5. The summed E-state index contributed by atoms with van der Waals surface area (Å²) in [4.78, 5) is 11.8. The highest BCUT2D eigenvalue weighted by Crippen LogP contribution is 2.22. The Balaban J connectivity index is 2.21. The van der Waals surface area contributed by atoms with Gasteiger partial charge in [-0.3, -0.25) is 4.79 Å². The van der Waals surface area contributed by atoms with Crippen LogP contribution in [0.5, 0.6) is 5.75 Å². The lowest BCUT2D eigenvalue weighted by molar-refractivity contribution is 0.104. The van der Waals surface area contributed by atoms with E-state index in [1.807, 2.05) is 49.4 Å². The molecule has 0 saturated carbocycles. The van der Waals surface area contributed by atoms with Gasteiger partial charge in [-0.15, -0.1) is 0 Å². The Morgan fingerprint density at radius 3 is 2.63 bits per heavy atom. The molecule has 96 valence electrons. The summed E-state index contributed by atoms with van der Waals surface area (Å²) in [6.45, 7) is 5.93. The van der Waals surface area contributed by atoms with Crippen LogP contribution in [0.3, 0.4) is 0 Å². The second-order valence-electron chi connectivity index (χ2n) is 4.34. The Labute approximate surface area is 113 Å². The number of aryl methyl sites for hydroxylation is 1. The van der Waals surface area contributed by atoms with Gasteiger partial charge in [0, 0.05) is 0 Å². The maximum atomic E-state index is 11.8. The van der Waals surface area contributed by atoms with Crippen molar-refractivity contribution in [2.24, 2.45) is 0 Å². The highest BCUT2D eigenvalue weighted by Gasteiger charge is 2.10. The van der Waals surface area contributed by atoms with Crippen molar-refractivity contribution in [2.75, 3.05) is 0 Å². The molecule has 0 atom stereocenters. The van der Waals surface area contributed by atoms with Crippen molar-refractivity contribution in [3.8, 4) is 5.75 Å². The molecule has 2 rings (SSSR count). The standard InChI is InChI=1S/C17H16O2/c1-3-16(18)15-10-9-13(2)11-17(15)19-12-14-7-5-4-6-8-14/h3-11H,1,12H2,2H3. The van der Waals surface area contributed by atoms with E-state index in [1.165, 1.54) is 6.08 Å². The van der Waals surface area contributed by atoms with E-state index >= 15 is 0 Å². The predicted octanol–water partition coefficient (Wildman–Crippen LogP) is 3.94. The van der Waals surface area contributed by atoms with Crippen LogP contribution in [0.1, 0.15) is 21.5 Å². The van der Waals surface area contributed by atoms with Crippen LogP contribution in [-0.2, 0) is 6.61 Å². The number of rotatable bonds is 5. The third-order valence-electron chi connectivity index (χ3n) is 2.83.